The third-order valence-electron chi connectivity index (χ3n) is 4.50. The lowest BCUT2D eigenvalue weighted by Crippen LogP contribution is -2.28. The first-order valence-corrected chi connectivity index (χ1v) is 9.38. The number of aromatic hydroxyl groups is 1. The summed E-state index contributed by atoms with van der Waals surface area (Å²) in [5, 5.41) is 10.1. The number of aryl methyl sites for hydroxylation is 1. The number of ether oxygens (including phenoxy) is 1. The summed E-state index contributed by atoms with van der Waals surface area (Å²) in [5.74, 6) is 1.82. The van der Waals surface area contributed by atoms with Crippen LogP contribution in [0.2, 0.25) is 0 Å². The third kappa shape index (κ3) is 3.33. The molecule has 1 fully saturated rings. The highest BCUT2D eigenvalue weighted by atomic mass is 32.2. The van der Waals surface area contributed by atoms with E-state index in [1.54, 1.807) is 24.9 Å². The molecule has 132 valence electrons. The number of carbonyl (C=O) groups excluding carboxylic acids is 1. The number of amides is 1. The zero-order valence-electron chi connectivity index (χ0n) is 14.9. The number of phenols is 1. The Morgan fingerprint density at radius 2 is 1.92 bits per heavy atom. The highest BCUT2D eigenvalue weighted by Gasteiger charge is 2.35. The fourth-order valence-corrected chi connectivity index (χ4v) is 4.29. The summed E-state index contributed by atoms with van der Waals surface area (Å²) in [6.07, 6.45) is 0. The van der Waals surface area contributed by atoms with E-state index in [-0.39, 0.29) is 22.9 Å². The van der Waals surface area contributed by atoms with Gasteiger partial charge < -0.3 is 9.84 Å². The summed E-state index contributed by atoms with van der Waals surface area (Å²) in [6.45, 7) is 6.01. The lowest BCUT2D eigenvalue weighted by molar-refractivity contribution is -0.115. The highest BCUT2D eigenvalue weighted by molar-refractivity contribution is 8.00. The summed E-state index contributed by atoms with van der Waals surface area (Å²) in [5.41, 5.74) is 3.70. The second-order valence-corrected chi connectivity index (χ2v) is 7.62. The molecule has 1 saturated heterocycles. The van der Waals surface area contributed by atoms with Crippen molar-refractivity contribution in [1.82, 2.24) is 0 Å². The molecule has 0 saturated carbocycles. The maximum Gasteiger partial charge on any atom is 0.238 e. The van der Waals surface area contributed by atoms with Crippen LogP contribution < -0.4 is 9.64 Å². The molecule has 2 aromatic carbocycles. The third-order valence-corrected chi connectivity index (χ3v) is 5.71. The van der Waals surface area contributed by atoms with Crippen molar-refractivity contribution in [3.63, 3.8) is 0 Å². The number of phenolic OH excluding ortho intramolecular Hbond substituents is 1. The first kappa shape index (κ1) is 17.7. The van der Waals surface area contributed by atoms with E-state index in [0.717, 1.165) is 28.1 Å². The maximum atomic E-state index is 12.6. The molecule has 4 nitrogen and oxygen atoms in total. The summed E-state index contributed by atoms with van der Waals surface area (Å²) in [7, 11) is 1.64. The number of carbonyl (C=O) groups is 1. The Labute approximate surface area is 152 Å². The average Bonchev–Trinajstić information content (AvgIpc) is 2.96. The summed E-state index contributed by atoms with van der Waals surface area (Å²) in [4.78, 5) is 14.5. The molecule has 25 heavy (non-hydrogen) atoms. The lowest BCUT2D eigenvalue weighted by atomic mass is 9.98. The molecule has 1 unspecified atom stereocenters. The molecule has 0 bridgehead atoms. The SMILES string of the molecule is COc1ccc(C2SCC(=O)N2c2cc(C(C)C)c(O)cc2C)cc1. The van der Waals surface area contributed by atoms with Crippen molar-refractivity contribution in [2.45, 2.75) is 32.1 Å². The van der Waals surface area contributed by atoms with E-state index in [1.165, 1.54) is 0 Å². The van der Waals surface area contributed by atoms with Gasteiger partial charge in [-0.25, -0.2) is 0 Å². The van der Waals surface area contributed by atoms with Gasteiger partial charge >= 0.3 is 0 Å². The van der Waals surface area contributed by atoms with E-state index < -0.39 is 0 Å². The minimum Gasteiger partial charge on any atom is -0.508 e. The summed E-state index contributed by atoms with van der Waals surface area (Å²) in [6, 6.07) is 11.5. The molecule has 2 aromatic rings. The Bertz CT molecular complexity index is 786. The maximum absolute atomic E-state index is 12.6. The van der Waals surface area contributed by atoms with E-state index in [0.29, 0.717) is 5.75 Å². The van der Waals surface area contributed by atoms with Gasteiger partial charge in [-0.05, 0) is 53.8 Å². The number of nitrogens with zero attached hydrogens (tertiary/aromatic N) is 1. The standard InChI is InChI=1S/C20H23NO3S/c1-12(2)16-10-17(13(3)9-18(16)22)21-19(23)11-25-20(21)14-5-7-15(24-4)8-6-14/h5-10,12,20,22H,11H2,1-4H3. The van der Waals surface area contributed by atoms with Crippen molar-refractivity contribution >= 4 is 23.4 Å². The number of methoxy groups -OCH3 is 1. The van der Waals surface area contributed by atoms with E-state index in [2.05, 4.69) is 0 Å². The zero-order chi connectivity index (χ0) is 18.1. The van der Waals surface area contributed by atoms with Gasteiger partial charge in [-0.15, -0.1) is 11.8 Å². The average molecular weight is 357 g/mol. The molecule has 0 spiro atoms. The van der Waals surface area contributed by atoms with E-state index in [9.17, 15) is 9.90 Å². The fraction of sp³-hybridized carbons (Fsp3) is 0.350. The molecular formula is C20H23NO3S. The molecule has 3 rings (SSSR count). The second kappa shape index (κ2) is 7.00. The Balaban J connectivity index is 2.03. The minimum absolute atomic E-state index is 0.0679. The second-order valence-electron chi connectivity index (χ2n) is 6.55. The predicted octanol–water partition coefficient (Wildman–Crippen LogP) is 4.61. The van der Waals surface area contributed by atoms with Gasteiger partial charge in [-0.2, -0.15) is 0 Å². The highest BCUT2D eigenvalue weighted by Crippen LogP contribution is 2.44. The number of rotatable bonds is 4. The number of anilines is 1. The largest absolute Gasteiger partial charge is 0.508 e. The molecule has 1 amide bonds. The van der Waals surface area contributed by atoms with E-state index in [1.807, 2.05) is 56.0 Å². The van der Waals surface area contributed by atoms with Gasteiger partial charge in [-0.1, -0.05) is 26.0 Å². The smallest absolute Gasteiger partial charge is 0.238 e. The number of benzene rings is 2. The molecular weight excluding hydrogens is 334 g/mol. The molecule has 0 radical (unpaired) electrons. The van der Waals surface area contributed by atoms with E-state index in [4.69, 9.17) is 4.74 Å². The van der Waals surface area contributed by atoms with Gasteiger partial charge in [0.2, 0.25) is 5.91 Å². The van der Waals surface area contributed by atoms with Crippen LogP contribution >= 0.6 is 11.8 Å². The molecule has 1 N–H and O–H groups in total. The molecule has 0 aliphatic carbocycles. The Kier molecular flexibility index (Phi) is 4.95. The molecule has 1 aliphatic heterocycles. The van der Waals surface area contributed by atoms with Crippen LogP contribution in [0.3, 0.4) is 0 Å². The normalized spacial score (nSPS) is 17.4. The molecule has 0 aromatic heterocycles. The Morgan fingerprint density at radius 3 is 2.52 bits per heavy atom. The van der Waals surface area contributed by atoms with Crippen LogP contribution in [0.25, 0.3) is 0 Å². The van der Waals surface area contributed by atoms with Crippen molar-refractivity contribution in [3.8, 4) is 11.5 Å². The number of thioether (sulfide) groups is 1. The van der Waals surface area contributed by atoms with Crippen molar-refractivity contribution in [3.05, 3.63) is 53.1 Å². The van der Waals surface area contributed by atoms with Gasteiger partial charge in [0, 0.05) is 5.69 Å². The summed E-state index contributed by atoms with van der Waals surface area (Å²) >= 11 is 1.62. The van der Waals surface area contributed by atoms with Gasteiger partial charge in [0.1, 0.15) is 16.9 Å². The van der Waals surface area contributed by atoms with Crippen LogP contribution in [0.4, 0.5) is 5.69 Å². The van der Waals surface area contributed by atoms with Crippen LogP contribution in [0.15, 0.2) is 36.4 Å². The molecule has 5 heteroatoms. The van der Waals surface area contributed by atoms with Gasteiger partial charge in [0.15, 0.2) is 0 Å². The lowest BCUT2D eigenvalue weighted by Gasteiger charge is -2.27. The van der Waals surface area contributed by atoms with Crippen LogP contribution in [0, 0.1) is 6.92 Å². The topological polar surface area (TPSA) is 49.8 Å². The number of hydrogen-bond donors (Lipinski definition) is 1. The van der Waals surface area contributed by atoms with Gasteiger partial charge in [0.05, 0.1) is 12.9 Å². The van der Waals surface area contributed by atoms with Crippen molar-refractivity contribution in [1.29, 1.82) is 0 Å². The van der Waals surface area contributed by atoms with Crippen LogP contribution in [-0.4, -0.2) is 23.9 Å². The monoisotopic (exact) mass is 357 g/mol. The number of hydrogen-bond acceptors (Lipinski definition) is 4. The molecule has 1 atom stereocenters. The Morgan fingerprint density at radius 1 is 1.24 bits per heavy atom. The minimum atomic E-state index is -0.0679. The van der Waals surface area contributed by atoms with Crippen LogP contribution in [0.5, 0.6) is 11.5 Å². The zero-order valence-corrected chi connectivity index (χ0v) is 15.8. The van der Waals surface area contributed by atoms with Gasteiger partial charge in [0.25, 0.3) is 0 Å². The van der Waals surface area contributed by atoms with E-state index >= 15 is 0 Å². The van der Waals surface area contributed by atoms with Crippen LogP contribution in [0.1, 0.15) is 41.8 Å². The van der Waals surface area contributed by atoms with Crippen molar-refractivity contribution in [2.24, 2.45) is 0 Å². The summed E-state index contributed by atoms with van der Waals surface area (Å²) < 4.78 is 5.22. The molecule has 1 heterocycles. The first-order valence-electron chi connectivity index (χ1n) is 8.33. The van der Waals surface area contributed by atoms with Crippen molar-refractivity contribution < 1.29 is 14.6 Å². The first-order chi connectivity index (χ1) is 11.9. The Hall–Kier alpha value is -2.14. The molecule has 1 aliphatic rings. The fourth-order valence-electron chi connectivity index (χ4n) is 3.12. The van der Waals surface area contributed by atoms with Crippen LogP contribution in [-0.2, 0) is 4.79 Å². The van der Waals surface area contributed by atoms with Crippen molar-refractivity contribution in [2.75, 3.05) is 17.8 Å². The van der Waals surface area contributed by atoms with Gasteiger partial charge in [-0.3, -0.25) is 9.69 Å². The quantitative estimate of drug-likeness (QED) is 0.868. The predicted molar refractivity (Wildman–Crippen MR) is 103 cm³/mol.